The highest BCUT2D eigenvalue weighted by atomic mass is 127. The Morgan fingerprint density at radius 2 is 1.57 bits per heavy atom. The highest BCUT2D eigenvalue weighted by molar-refractivity contribution is 14.1. The first-order chi connectivity index (χ1) is 13.7. The number of ether oxygens (including phenoxy) is 1. The lowest BCUT2D eigenvalue weighted by atomic mass is 9.95. The molecule has 1 N–H and O–H groups in total. The minimum atomic E-state index is -0.290. The van der Waals surface area contributed by atoms with E-state index in [0.717, 1.165) is 42.6 Å². The molecule has 1 atom stereocenters. The van der Waals surface area contributed by atoms with Gasteiger partial charge in [0.25, 0.3) is 0 Å². The second-order valence-electron chi connectivity index (χ2n) is 6.72. The van der Waals surface area contributed by atoms with E-state index in [9.17, 15) is 5.11 Å². The minimum absolute atomic E-state index is 0.241. The van der Waals surface area contributed by atoms with Crippen LogP contribution in [-0.2, 0) is 4.74 Å². The van der Waals surface area contributed by atoms with Crippen LogP contribution in [0.2, 0.25) is 0 Å². The summed E-state index contributed by atoms with van der Waals surface area (Å²) in [4.78, 5) is 4.97. The second-order valence-corrected chi connectivity index (χ2v) is 7.80. The van der Waals surface area contributed by atoms with Crippen molar-refractivity contribution in [2.24, 2.45) is 0 Å². The number of para-hydroxylation sites is 1. The highest BCUT2D eigenvalue weighted by Gasteiger charge is 2.30. The lowest BCUT2D eigenvalue weighted by molar-refractivity contribution is 0.205. The van der Waals surface area contributed by atoms with Crippen molar-refractivity contribution in [1.29, 1.82) is 0 Å². The van der Waals surface area contributed by atoms with E-state index in [0.29, 0.717) is 0 Å². The van der Waals surface area contributed by atoms with Crippen LogP contribution in [0.4, 0.5) is 0 Å². The van der Waals surface area contributed by atoms with Gasteiger partial charge < -0.3 is 9.84 Å². The van der Waals surface area contributed by atoms with Crippen LogP contribution in [0.5, 0.6) is 5.75 Å². The smallest absolute Gasteiger partial charge is 0.151 e. The lowest BCUT2D eigenvalue weighted by Crippen LogP contribution is -2.14. The van der Waals surface area contributed by atoms with Gasteiger partial charge in [-0.25, -0.2) is 4.98 Å². The summed E-state index contributed by atoms with van der Waals surface area (Å²) in [7, 11) is 0. The number of rotatable bonds is 2. The summed E-state index contributed by atoms with van der Waals surface area (Å²) in [5.74, 6) is 1.07. The number of aromatic nitrogens is 1. The van der Waals surface area contributed by atoms with Crippen LogP contribution in [-0.4, -0.2) is 10.1 Å². The molecule has 5 rings (SSSR count). The summed E-state index contributed by atoms with van der Waals surface area (Å²) in [6.07, 6.45) is -0.290. The maximum absolute atomic E-state index is 9.70. The van der Waals surface area contributed by atoms with E-state index in [1.807, 2.05) is 60.7 Å². The first kappa shape index (κ1) is 17.3. The van der Waals surface area contributed by atoms with Crippen molar-refractivity contribution < 1.29 is 9.84 Å². The molecular weight excluding hydrogens is 461 g/mol. The van der Waals surface area contributed by atoms with Crippen molar-refractivity contribution in [3.05, 3.63) is 107 Å². The number of nitrogens with zero attached hydrogens (tertiary/aromatic N) is 1. The van der Waals surface area contributed by atoms with Gasteiger partial charge in [0.2, 0.25) is 0 Å². The summed E-state index contributed by atoms with van der Waals surface area (Å²) in [5, 5.41) is 10.8. The summed E-state index contributed by atoms with van der Waals surface area (Å²) in [6, 6.07) is 27.6. The molecule has 136 valence electrons. The van der Waals surface area contributed by atoms with Gasteiger partial charge >= 0.3 is 0 Å². The van der Waals surface area contributed by atoms with Crippen molar-refractivity contribution >= 4 is 42.8 Å². The number of hydrogen-bond donors (Lipinski definition) is 1. The van der Waals surface area contributed by atoms with Crippen LogP contribution >= 0.6 is 22.6 Å². The summed E-state index contributed by atoms with van der Waals surface area (Å²) >= 11 is 2.33. The van der Waals surface area contributed by atoms with Gasteiger partial charge in [0.15, 0.2) is 6.10 Å². The molecule has 4 aromatic rings. The Kier molecular flexibility index (Phi) is 4.28. The molecule has 1 aromatic heterocycles. The van der Waals surface area contributed by atoms with Gasteiger partial charge in [-0.15, -0.1) is 0 Å². The Labute approximate surface area is 176 Å². The number of fused-ring (bicyclic) bond motifs is 2. The molecule has 1 unspecified atom stereocenters. The maximum atomic E-state index is 9.70. The zero-order valence-electron chi connectivity index (χ0n) is 14.8. The Balaban J connectivity index is 1.77. The Morgan fingerprint density at radius 1 is 0.857 bits per heavy atom. The van der Waals surface area contributed by atoms with Gasteiger partial charge in [0, 0.05) is 16.5 Å². The third-order valence-electron chi connectivity index (χ3n) is 4.91. The normalized spacial score (nSPS) is 16.0. The predicted octanol–water partition coefficient (Wildman–Crippen LogP) is 6.32. The summed E-state index contributed by atoms with van der Waals surface area (Å²) in [6.45, 7) is 0. The standard InChI is InChI=1S/C24H16INO2/c25-21-22-19(14-17-8-4-5-9-20(17)26-22)23(16-10-12-18(27)13-11-16)28-24(21)15-6-2-1-3-7-15/h1-14,23,27H. The molecule has 0 aliphatic carbocycles. The number of phenols is 1. The van der Waals surface area contributed by atoms with Crippen LogP contribution < -0.4 is 0 Å². The third-order valence-corrected chi connectivity index (χ3v) is 5.91. The molecule has 0 bridgehead atoms. The zero-order valence-corrected chi connectivity index (χ0v) is 17.0. The molecule has 2 heterocycles. The molecule has 1 aliphatic heterocycles. The quantitative estimate of drug-likeness (QED) is 0.344. The van der Waals surface area contributed by atoms with E-state index in [1.165, 1.54) is 0 Å². The van der Waals surface area contributed by atoms with Gasteiger partial charge in [-0.3, -0.25) is 0 Å². The summed E-state index contributed by atoms with van der Waals surface area (Å²) < 4.78 is 7.54. The number of aromatic hydroxyl groups is 1. The van der Waals surface area contributed by atoms with Crippen molar-refractivity contribution in [1.82, 2.24) is 4.98 Å². The molecule has 3 nitrogen and oxygen atoms in total. The number of hydrogen-bond acceptors (Lipinski definition) is 3. The van der Waals surface area contributed by atoms with Gasteiger partial charge in [-0.2, -0.15) is 0 Å². The van der Waals surface area contributed by atoms with Crippen LogP contribution in [0.15, 0.2) is 84.9 Å². The first-order valence-corrected chi connectivity index (χ1v) is 10.1. The van der Waals surface area contributed by atoms with E-state index < -0.39 is 0 Å². The zero-order chi connectivity index (χ0) is 19.1. The van der Waals surface area contributed by atoms with Crippen LogP contribution in [0.3, 0.4) is 0 Å². The van der Waals surface area contributed by atoms with E-state index in [2.05, 4.69) is 34.7 Å². The average molecular weight is 477 g/mol. The molecular formula is C24H16INO2. The molecule has 28 heavy (non-hydrogen) atoms. The lowest BCUT2D eigenvalue weighted by Gasteiger charge is -2.29. The van der Waals surface area contributed by atoms with Crippen LogP contribution in [0.1, 0.15) is 28.5 Å². The third kappa shape index (κ3) is 2.94. The Hall–Kier alpha value is -2.86. The van der Waals surface area contributed by atoms with Crippen molar-refractivity contribution in [2.75, 3.05) is 0 Å². The molecule has 0 fully saturated rings. The Bertz CT molecular complexity index is 1200. The summed E-state index contributed by atoms with van der Waals surface area (Å²) in [5.41, 5.74) is 4.95. The SMILES string of the molecule is Oc1ccc(C2OC(c3ccccc3)=C(I)c3nc4ccccc4cc32)cc1. The average Bonchev–Trinajstić information content (AvgIpc) is 2.74. The fraction of sp³-hybridized carbons (Fsp3) is 0.0417. The number of phenolic OH excluding ortho intramolecular Hbond substituents is 1. The molecule has 0 radical (unpaired) electrons. The topological polar surface area (TPSA) is 42.4 Å². The van der Waals surface area contributed by atoms with Crippen molar-refractivity contribution in [3.63, 3.8) is 0 Å². The monoisotopic (exact) mass is 477 g/mol. The molecule has 1 aliphatic rings. The molecule has 0 saturated heterocycles. The van der Waals surface area contributed by atoms with Gasteiger partial charge in [-0.05, 0) is 52.4 Å². The first-order valence-electron chi connectivity index (χ1n) is 9.01. The molecule has 0 saturated carbocycles. The molecule has 0 amide bonds. The van der Waals surface area contributed by atoms with Crippen LogP contribution in [0.25, 0.3) is 20.2 Å². The molecule has 4 heteroatoms. The molecule has 3 aromatic carbocycles. The highest BCUT2D eigenvalue weighted by Crippen LogP contribution is 2.46. The Morgan fingerprint density at radius 3 is 2.36 bits per heavy atom. The van der Waals surface area contributed by atoms with Crippen molar-refractivity contribution in [2.45, 2.75) is 6.10 Å². The second kappa shape index (κ2) is 6.95. The maximum Gasteiger partial charge on any atom is 0.151 e. The molecule has 0 spiro atoms. The minimum Gasteiger partial charge on any atom is -0.508 e. The predicted molar refractivity (Wildman–Crippen MR) is 120 cm³/mol. The van der Waals surface area contributed by atoms with Crippen LogP contribution in [0, 0.1) is 0 Å². The largest absolute Gasteiger partial charge is 0.508 e. The van der Waals surface area contributed by atoms with E-state index in [-0.39, 0.29) is 11.9 Å². The van der Waals surface area contributed by atoms with E-state index in [4.69, 9.17) is 9.72 Å². The van der Waals surface area contributed by atoms with E-state index >= 15 is 0 Å². The number of benzene rings is 3. The number of halogens is 1. The van der Waals surface area contributed by atoms with Crippen molar-refractivity contribution in [3.8, 4) is 5.75 Å². The fourth-order valence-electron chi connectivity index (χ4n) is 3.53. The number of pyridine rings is 1. The van der Waals surface area contributed by atoms with Gasteiger partial charge in [0.05, 0.1) is 14.8 Å². The fourth-order valence-corrected chi connectivity index (χ4v) is 4.40. The van der Waals surface area contributed by atoms with Gasteiger partial charge in [0.1, 0.15) is 11.5 Å². The van der Waals surface area contributed by atoms with E-state index in [1.54, 1.807) is 12.1 Å². The van der Waals surface area contributed by atoms with Gasteiger partial charge in [-0.1, -0.05) is 60.7 Å².